The van der Waals surface area contributed by atoms with E-state index in [-0.39, 0.29) is 11.7 Å². The lowest BCUT2D eigenvalue weighted by Crippen LogP contribution is -2.25. The molecule has 4 rings (SSSR count). The van der Waals surface area contributed by atoms with E-state index in [1.54, 1.807) is 6.07 Å². The zero-order chi connectivity index (χ0) is 20.1. The molecule has 0 aliphatic heterocycles. The van der Waals surface area contributed by atoms with Gasteiger partial charge in [-0.1, -0.05) is 42.5 Å². The van der Waals surface area contributed by atoms with Gasteiger partial charge in [-0.05, 0) is 47.9 Å². The van der Waals surface area contributed by atoms with Gasteiger partial charge in [0.15, 0.2) is 0 Å². The van der Waals surface area contributed by atoms with Gasteiger partial charge in [0.1, 0.15) is 23.9 Å². The number of amides is 1. The first kappa shape index (κ1) is 18.7. The number of halogens is 1. The highest BCUT2D eigenvalue weighted by atomic mass is 19.1. The number of rotatable bonds is 7. The minimum Gasteiger partial charge on any atom is -0.489 e. The molecule has 1 heterocycles. The van der Waals surface area contributed by atoms with Gasteiger partial charge >= 0.3 is 0 Å². The molecule has 0 bridgehead atoms. The zero-order valence-corrected chi connectivity index (χ0v) is 15.8. The topological polar surface area (TPSA) is 54.1 Å². The smallest absolute Gasteiger partial charge is 0.267 e. The molecule has 5 heteroatoms. The SMILES string of the molecule is O=C(NCCc1cccc(F)c1)c1cc2ccc(OCc3ccccc3)cc2[nH]1. The average molecular weight is 388 g/mol. The molecule has 0 saturated heterocycles. The third-order valence-corrected chi connectivity index (χ3v) is 4.68. The predicted octanol–water partition coefficient (Wildman–Crippen LogP) is 4.86. The lowest BCUT2D eigenvalue weighted by Gasteiger charge is -2.06. The summed E-state index contributed by atoms with van der Waals surface area (Å²) in [5, 5.41) is 3.80. The highest BCUT2D eigenvalue weighted by Gasteiger charge is 2.10. The van der Waals surface area contributed by atoms with E-state index in [0.717, 1.165) is 27.8 Å². The van der Waals surface area contributed by atoms with Gasteiger partial charge in [0.2, 0.25) is 0 Å². The molecule has 0 aliphatic carbocycles. The van der Waals surface area contributed by atoms with Crippen molar-refractivity contribution in [1.29, 1.82) is 0 Å². The Morgan fingerprint density at radius 2 is 1.76 bits per heavy atom. The van der Waals surface area contributed by atoms with Crippen LogP contribution in [0.3, 0.4) is 0 Å². The second-order valence-corrected chi connectivity index (χ2v) is 6.84. The van der Waals surface area contributed by atoms with E-state index in [4.69, 9.17) is 4.74 Å². The minimum absolute atomic E-state index is 0.190. The maximum absolute atomic E-state index is 13.2. The van der Waals surface area contributed by atoms with Crippen LogP contribution in [0.5, 0.6) is 5.75 Å². The Balaban J connectivity index is 1.37. The largest absolute Gasteiger partial charge is 0.489 e. The number of aromatic amines is 1. The van der Waals surface area contributed by atoms with Crippen molar-refractivity contribution in [3.8, 4) is 5.75 Å². The monoisotopic (exact) mass is 388 g/mol. The summed E-state index contributed by atoms with van der Waals surface area (Å²) in [7, 11) is 0. The summed E-state index contributed by atoms with van der Waals surface area (Å²) in [5.41, 5.74) is 3.27. The van der Waals surface area contributed by atoms with Crippen LogP contribution in [0.4, 0.5) is 4.39 Å². The van der Waals surface area contributed by atoms with Crippen LogP contribution >= 0.6 is 0 Å². The molecule has 0 saturated carbocycles. The third-order valence-electron chi connectivity index (χ3n) is 4.68. The van der Waals surface area contributed by atoms with Crippen molar-refractivity contribution in [2.24, 2.45) is 0 Å². The Bertz CT molecular complexity index is 1120. The minimum atomic E-state index is -0.269. The Morgan fingerprint density at radius 1 is 0.931 bits per heavy atom. The van der Waals surface area contributed by atoms with E-state index in [2.05, 4.69) is 10.3 Å². The van der Waals surface area contributed by atoms with Crippen LogP contribution in [0.2, 0.25) is 0 Å². The van der Waals surface area contributed by atoms with Crippen LogP contribution in [0, 0.1) is 5.82 Å². The number of benzene rings is 3. The van der Waals surface area contributed by atoms with Gasteiger partial charge in [0, 0.05) is 23.5 Å². The van der Waals surface area contributed by atoms with E-state index in [1.807, 2.05) is 60.7 Å². The van der Waals surface area contributed by atoms with Crippen molar-refractivity contribution in [2.45, 2.75) is 13.0 Å². The first-order valence-electron chi connectivity index (χ1n) is 9.49. The summed E-state index contributed by atoms with van der Waals surface area (Å²) < 4.78 is 19.1. The Labute approximate surface area is 168 Å². The van der Waals surface area contributed by atoms with Crippen LogP contribution in [0.25, 0.3) is 10.9 Å². The molecule has 0 atom stereocenters. The molecular weight excluding hydrogens is 367 g/mol. The van der Waals surface area contributed by atoms with E-state index >= 15 is 0 Å². The van der Waals surface area contributed by atoms with Crippen molar-refractivity contribution < 1.29 is 13.9 Å². The highest BCUT2D eigenvalue weighted by molar-refractivity contribution is 5.98. The maximum atomic E-state index is 13.2. The lowest BCUT2D eigenvalue weighted by molar-refractivity contribution is 0.0950. The van der Waals surface area contributed by atoms with E-state index in [0.29, 0.717) is 25.3 Å². The van der Waals surface area contributed by atoms with Gasteiger partial charge in [-0.2, -0.15) is 0 Å². The van der Waals surface area contributed by atoms with Crippen molar-refractivity contribution >= 4 is 16.8 Å². The number of nitrogens with one attached hydrogen (secondary N) is 2. The fourth-order valence-corrected chi connectivity index (χ4v) is 3.17. The van der Waals surface area contributed by atoms with Crippen LogP contribution < -0.4 is 10.1 Å². The number of H-pyrrole nitrogens is 1. The first-order valence-corrected chi connectivity index (χ1v) is 9.49. The first-order chi connectivity index (χ1) is 14.2. The number of fused-ring (bicyclic) bond motifs is 1. The van der Waals surface area contributed by atoms with Crippen molar-refractivity contribution in [3.05, 3.63) is 102 Å². The fraction of sp³-hybridized carbons (Fsp3) is 0.125. The molecule has 0 spiro atoms. The number of ether oxygens (including phenoxy) is 1. The Hall–Kier alpha value is -3.60. The molecule has 146 valence electrons. The molecule has 3 aromatic carbocycles. The molecule has 0 fully saturated rings. The molecule has 0 aliphatic rings. The number of carbonyl (C=O) groups is 1. The number of hydrogen-bond acceptors (Lipinski definition) is 2. The molecule has 29 heavy (non-hydrogen) atoms. The van der Waals surface area contributed by atoms with E-state index < -0.39 is 0 Å². The van der Waals surface area contributed by atoms with Gasteiger partial charge in [-0.25, -0.2) is 4.39 Å². The van der Waals surface area contributed by atoms with Crippen LogP contribution in [-0.4, -0.2) is 17.4 Å². The standard InChI is InChI=1S/C24H21FN2O2/c25-20-8-4-7-17(13-20)11-12-26-24(28)23-14-19-9-10-21(15-22(19)27-23)29-16-18-5-2-1-3-6-18/h1-10,13-15,27H,11-12,16H2,(H,26,28). The molecule has 2 N–H and O–H groups in total. The maximum Gasteiger partial charge on any atom is 0.267 e. The van der Waals surface area contributed by atoms with Gasteiger partial charge in [0.05, 0.1) is 0 Å². The highest BCUT2D eigenvalue weighted by Crippen LogP contribution is 2.22. The molecule has 0 unspecified atom stereocenters. The molecule has 1 amide bonds. The molecule has 4 aromatic rings. The summed E-state index contributed by atoms with van der Waals surface area (Å²) in [5.74, 6) is 0.278. The normalized spacial score (nSPS) is 10.8. The van der Waals surface area contributed by atoms with E-state index in [9.17, 15) is 9.18 Å². The van der Waals surface area contributed by atoms with Crippen LogP contribution in [-0.2, 0) is 13.0 Å². The lowest BCUT2D eigenvalue weighted by atomic mass is 10.1. The van der Waals surface area contributed by atoms with Crippen molar-refractivity contribution in [3.63, 3.8) is 0 Å². The number of hydrogen-bond donors (Lipinski definition) is 2. The summed E-state index contributed by atoms with van der Waals surface area (Å²) in [6, 6.07) is 23.9. The second kappa shape index (κ2) is 8.61. The fourth-order valence-electron chi connectivity index (χ4n) is 3.17. The molecular formula is C24H21FN2O2. The van der Waals surface area contributed by atoms with Crippen molar-refractivity contribution in [1.82, 2.24) is 10.3 Å². The summed E-state index contributed by atoms with van der Waals surface area (Å²) in [4.78, 5) is 15.6. The summed E-state index contributed by atoms with van der Waals surface area (Å²) in [6.45, 7) is 0.920. The van der Waals surface area contributed by atoms with Gasteiger partial charge in [-0.3, -0.25) is 4.79 Å². The quantitative estimate of drug-likeness (QED) is 0.475. The Morgan fingerprint density at radius 3 is 2.59 bits per heavy atom. The van der Waals surface area contributed by atoms with Gasteiger partial charge < -0.3 is 15.0 Å². The van der Waals surface area contributed by atoms with Gasteiger partial charge in [-0.15, -0.1) is 0 Å². The summed E-state index contributed by atoms with van der Waals surface area (Å²) in [6.07, 6.45) is 0.571. The van der Waals surface area contributed by atoms with Crippen molar-refractivity contribution in [2.75, 3.05) is 6.54 Å². The van der Waals surface area contributed by atoms with Gasteiger partial charge in [0.25, 0.3) is 5.91 Å². The average Bonchev–Trinajstić information content (AvgIpc) is 3.17. The predicted molar refractivity (Wildman–Crippen MR) is 112 cm³/mol. The number of aromatic nitrogens is 1. The zero-order valence-electron chi connectivity index (χ0n) is 15.8. The second-order valence-electron chi connectivity index (χ2n) is 6.84. The molecule has 1 aromatic heterocycles. The molecule has 0 radical (unpaired) electrons. The van der Waals surface area contributed by atoms with E-state index in [1.165, 1.54) is 12.1 Å². The third kappa shape index (κ3) is 4.82. The number of carbonyl (C=O) groups excluding carboxylic acids is 1. The summed E-state index contributed by atoms with van der Waals surface area (Å²) >= 11 is 0. The van der Waals surface area contributed by atoms with Crippen LogP contribution in [0.1, 0.15) is 21.6 Å². The Kier molecular flexibility index (Phi) is 5.56. The van der Waals surface area contributed by atoms with Crippen LogP contribution in [0.15, 0.2) is 78.9 Å². The molecule has 4 nitrogen and oxygen atoms in total.